The van der Waals surface area contributed by atoms with Gasteiger partial charge in [0.1, 0.15) is 0 Å². The van der Waals surface area contributed by atoms with Crippen molar-refractivity contribution in [2.75, 3.05) is 0 Å². The van der Waals surface area contributed by atoms with Gasteiger partial charge >= 0.3 is 0 Å². The Hall–Kier alpha value is -7.14. The lowest BCUT2D eigenvalue weighted by Gasteiger charge is -2.14. The topological polar surface area (TPSA) is 19.7 Å². The molecule has 0 spiro atoms. The van der Waals surface area contributed by atoms with Crippen molar-refractivity contribution in [1.82, 2.24) is 18.3 Å². The van der Waals surface area contributed by atoms with E-state index in [2.05, 4.69) is 294 Å². The Bertz CT molecular complexity index is 3470. The first-order valence-corrected chi connectivity index (χ1v) is 24.3. The van der Waals surface area contributed by atoms with Gasteiger partial charge in [-0.05, 0) is 130 Å². The minimum absolute atomic E-state index is 1.18. The molecule has 0 saturated carbocycles. The maximum atomic E-state index is 2.45. The molecule has 14 aromatic rings. The van der Waals surface area contributed by atoms with Crippen molar-refractivity contribution in [3.05, 3.63) is 238 Å². The molecule has 0 atom stereocenters. The fourth-order valence-corrected chi connectivity index (χ4v) is 11.7. The number of benzene rings is 10. The average Bonchev–Trinajstić information content (AvgIpc) is 4.09. The van der Waals surface area contributed by atoms with Crippen LogP contribution in [-0.4, -0.2) is 18.3 Å². The molecule has 4 heterocycles. The van der Waals surface area contributed by atoms with E-state index in [1.54, 1.807) is 0 Å². The van der Waals surface area contributed by atoms with Crippen molar-refractivity contribution in [2.24, 2.45) is 0 Å². The fourth-order valence-electron chi connectivity index (χ4n) is 10.4. The minimum atomic E-state index is 1.18. The molecular weight excluding hydrogens is 1030 g/mol. The zero-order chi connectivity index (χ0) is 43.9. The second kappa shape index (κ2) is 15.8. The van der Waals surface area contributed by atoms with Gasteiger partial charge in [-0.25, -0.2) is 0 Å². The van der Waals surface area contributed by atoms with Crippen LogP contribution in [0, 0.1) is 7.14 Å². The summed E-state index contributed by atoms with van der Waals surface area (Å²) in [5.41, 5.74) is 14.6. The zero-order valence-corrected chi connectivity index (χ0v) is 39.8. The SMILES string of the molecule is Ic1cc(-n2c3ccccc3c3ccccc32)cc(-n2c3ccccc3c3ccccc32)c1.Ic1cc(-n2c3ccccc3c3ccccc32)cc(-n2c3ccccc3c3ccccc32)c1. The standard InChI is InChI=1S/2C30H19IN2/c2*31-20-17-21(32-27-13-5-1-9-23(27)24-10-2-6-14-28(24)32)19-22(18-20)33-29-15-7-3-11-25(29)26-12-4-8-16-30(26)33/h2*1-19H. The van der Waals surface area contributed by atoms with E-state index in [4.69, 9.17) is 0 Å². The number of nitrogens with zero attached hydrogens (tertiary/aromatic N) is 4. The molecule has 0 unspecified atom stereocenters. The summed E-state index contributed by atoms with van der Waals surface area (Å²) in [6.45, 7) is 0. The van der Waals surface area contributed by atoms with Crippen LogP contribution in [-0.2, 0) is 0 Å². The van der Waals surface area contributed by atoms with Crippen LogP contribution >= 0.6 is 45.2 Å². The first kappa shape index (κ1) is 39.2. The largest absolute Gasteiger partial charge is 0.309 e. The van der Waals surface area contributed by atoms with Crippen LogP contribution in [0.15, 0.2) is 231 Å². The Morgan fingerprint density at radius 1 is 0.197 bits per heavy atom. The third kappa shape index (κ3) is 6.22. The van der Waals surface area contributed by atoms with Gasteiger partial charge in [0.2, 0.25) is 0 Å². The third-order valence-corrected chi connectivity index (χ3v) is 14.3. The monoisotopic (exact) mass is 1070 g/mol. The van der Waals surface area contributed by atoms with Gasteiger partial charge in [-0.15, -0.1) is 0 Å². The molecule has 66 heavy (non-hydrogen) atoms. The molecule has 0 amide bonds. The molecule has 0 fully saturated rings. The van der Waals surface area contributed by atoms with Gasteiger partial charge in [0.15, 0.2) is 0 Å². The van der Waals surface area contributed by atoms with Crippen molar-refractivity contribution >= 4 is 132 Å². The number of fused-ring (bicyclic) bond motifs is 12. The molecule has 0 N–H and O–H groups in total. The van der Waals surface area contributed by atoms with Crippen LogP contribution < -0.4 is 0 Å². The molecule has 0 saturated heterocycles. The highest BCUT2D eigenvalue weighted by Gasteiger charge is 2.18. The number of rotatable bonds is 4. The number of hydrogen-bond acceptors (Lipinski definition) is 0. The fraction of sp³-hybridized carbons (Fsp3) is 0. The van der Waals surface area contributed by atoms with Gasteiger partial charge in [0, 0.05) is 73.0 Å². The normalized spacial score (nSPS) is 11.8. The van der Waals surface area contributed by atoms with Crippen LogP contribution in [0.3, 0.4) is 0 Å². The second-order valence-electron chi connectivity index (χ2n) is 16.8. The van der Waals surface area contributed by atoms with E-state index in [0.717, 1.165) is 0 Å². The lowest BCUT2D eigenvalue weighted by Crippen LogP contribution is -1.99. The zero-order valence-electron chi connectivity index (χ0n) is 35.5. The Balaban J connectivity index is 0.000000132. The number of aromatic nitrogens is 4. The van der Waals surface area contributed by atoms with Crippen molar-refractivity contribution < 1.29 is 0 Å². The van der Waals surface area contributed by atoms with Crippen LogP contribution in [0.5, 0.6) is 0 Å². The first-order valence-electron chi connectivity index (χ1n) is 22.1. The summed E-state index contributed by atoms with van der Waals surface area (Å²) in [6.07, 6.45) is 0. The summed E-state index contributed by atoms with van der Waals surface area (Å²) in [5.74, 6) is 0. The minimum Gasteiger partial charge on any atom is -0.309 e. The highest BCUT2D eigenvalue weighted by molar-refractivity contribution is 14.1. The molecule has 0 radical (unpaired) electrons. The summed E-state index contributed by atoms with van der Waals surface area (Å²) in [5, 5.41) is 10.3. The molecule has 6 heteroatoms. The third-order valence-electron chi connectivity index (χ3n) is 13.1. The van der Waals surface area contributed by atoms with Gasteiger partial charge in [-0.2, -0.15) is 0 Å². The molecule has 4 nitrogen and oxygen atoms in total. The molecule has 0 bridgehead atoms. The van der Waals surface area contributed by atoms with Crippen molar-refractivity contribution in [2.45, 2.75) is 0 Å². The maximum Gasteiger partial charge on any atom is 0.0541 e. The second-order valence-corrected chi connectivity index (χ2v) is 19.3. The van der Waals surface area contributed by atoms with E-state index < -0.39 is 0 Å². The summed E-state index contributed by atoms with van der Waals surface area (Å²) < 4.78 is 12.0. The number of hydrogen-bond donors (Lipinski definition) is 0. The van der Waals surface area contributed by atoms with Crippen molar-refractivity contribution in [3.63, 3.8) is 0 Å². The smallest absolute Gasteiger partial charge is 0.0541 e. The van der Waals surface area contributed by atoms with Crippen LogP contribution in [0.1, 0.15) is 0 Å². The average molecular weight is 1070 g/mol. The summed E-state index contributed by atoms with van der Waals surface area (Å²) in [6, 6.07) is 83.2. The highest BCUT2D eigenvalue weighted by atomic mass is 127. The molecule has 312 valence electrons. The Morgan fingerprint density at radius 3 is 0.515 bits per heavy atom. The van der Waals surface area contributed by atoms with Gasteiger partial charge in [0.25, 0.3) is 0 Å². The van der Waals surface area contributed by atoms with Crippen LogP contribution in [0.2, 0.25) is 0 Å². The van der Waals surface area contributed by atoms with Crippen LogP contribution in [0.4, 0.5) is 0 Å². The maximum absolute atomic E-state index is 2.45. The molecule has 0 aliphatic heterocycles. The van der Waals surface area contributed by atoms with E-state index in [1.807, 2.05) is 0 Å². The van der Waals surface area contributed by atoms with E-state index in [1.165, 1.54) is 117 Å². The lowest BCUT2D eigenvalue weighted by molar-refractivity contribution is 1.13. The Morgan fingerprint density at radius 2 is 0.348 bits per heavy atom. The predicted molar refractivity (Wildman–Crippen MR) is 296 cm³/mol. The van der Waals surface area contributed by atoms with Gasteiger partial charge in [-0.3, -0.25) is 0 Å². The van der Waals surface area contributed by atoms with Gasteiger partial charge < -0.3 is 18.3 Å². The number of halogens is 2. The molecule has 0 aliphatic rings. The quantitative estimate of drug-likeness (QED) is 0.157. The summed E-state index contributed by atoms with van der Waals surface area (Å²) >= 11 is 4.90. The Labute approximate surface area is 407 Å². The lowest BCUT2D eigenvalue weighted by atomic mass is 10.2. The van der Waals surface area contributed by atoms with Gasteiger partial charge in [-0.1, -0.05) is 146 Å². The molecule has 0 aliphatic carbocycles. The van der Waals surface area contributed by atoms with E-state index in [0.29, 0.717) is 0 Å². The first-order chi connectivity index (χ1) is 32.6. The highest BCUT2D eigenvalue weighted by Crippen LogP contribution is 2.38. The molecule has 14 rings (SSSR count). The summed E-state index contributed by atoms with van der Waals surface area (Å²) in [7, 11) is 0. The van der Waals surface area contributed by atoms with E-state index in [-0.39, 0.29) is 0 Å². The molecular formula is C60H38I2N4. The van der Waals surface area contributed by atoms with Crippen LogP contribution in [0.25, 0.3) is 110 Å². The summed E-state index contributed by atoms with van der Waals surface area (Å²) in [4.78, 5) is 0. The van der Waals surface area contributed by atoms with E-state index in [9.17, 15) is 0 Å². The predicted octanol–water partition coefficient (Wildman–Crippen LogP) is 17.0. The number of para-hydroxylation sites is 8. The molecule has 10 aromatic carbocycles. The Kier molecular flexibility index (Phi) is 9.39. The molecule has 4 aromatic heterocycles. The van der Waals surface area contributed by atoms with Crippen molar-refractivity contribution in [1.29, 1.82) is 0 Å². The van der Waals surface area contributed by atoms with Gasteiger partial charge in [0.05, 0.1) is 44.1 Å². The van der Waals surface area contributed by atoms with Crippen molar-refractivity contribution in [3.8, 4) is 22.7 Å². The van der Waals surface area contributed by atoms with E-state index >= 15 is 0 Å².